The minimum absolute atomic E-state index is 0.0738. The Morgan fingerprint density at radius 3 is 3.00 bits per heavy atom. The molecule has 1 amide bonds. The number of fused-ring (bicyclic) bond motifs is 1. The first-order valence-corrected chi connectivity index (χ1v) is 7.58. The number of halogens is 1. The first-order chi connectivity index (χ1) is 10.0. The molecule has 0 radical (unpaired) electrons. The zero-order chi connectivity index (χ0) is 15.4. The Bertz CT molecular complexity index is 692. The molecular weight excluding hydrogens is 314 g/mol. The van der Waals surface area contributed by atoms with E-state index in [2.05, 4.69) is 4.98 Å². The lowest BCUT2D eigenvalue weighted by Gasteiger charge is -2.17. The highest BCUT2D eigenvalue weighted by atomic mass is 35.5. The largest absolute Gasteiger partial charge is 0.481 e. The summed E-state index contributed by atoms with van der Waals surface area (Å²) in [5, 5.41) is 10.9. The van der Waals surface area contributed by atoms with E-state index in [9.17, 15) is 9.59 Å². The van der Waals surface area contributed by atoms with Crippen molar-refractivity contribution in [1.29, 1.82) is 0 Å². The number of aliphatic carboxylic acids is 1. The van der Waals surface area contributed by atoms with E-state index in [1.54, 1.807) is 17.4 Å². The van der Waals surface area contributed by atoms with Gasteiger partial charge in [0.2, 0.25) is 5.91 Å². The smallest absolute Gasteiger partial charge is 0.305 e. The fourth-order valence-corrected chi connectivity index (χ4v) is 2.84. The van der Waals surface area contributed by atoms with Crippen molar-refractivity contribution in [2.45, 2.75) is 13.3 Å². The van der Waals surface area contributed by atoms with Crippen LogP contribution in [0.5, 0.6) is 0 Å². The highest BCUT2D eigenvalue weighted by Crippen LogP contribution is 2.22. The summed E-state index contributed by atoms with van der Waals surface area (Å²) in [6.45, 7) is 2.43. The molecule has 0 saturated carbocycles. The predicted octanol–water partition coefficient (Wildman–Crippen LogP) is 2.39. The molecule has 0 aliphatic heterocycles. The molecular formula is C13H14ClN3O3S. The summed E-state index contributed by atoms with van der Waals surface area (Å²) in [7, 11) is 0. The average molecular weight is 328 g/mol. The molecule has 2 aromatic heterocycles. The van der Waals surface area contributed by atoms with Crippen LogP contribution in [0.3, 0.4) is 0 Å². The fourth-order valence-electron chi connectivity index (χ4n) is 1.84. The van der Waals surface area contributed by atoms with Gasteiger partial charge in [-0.3, -0.25) is 14.0 Å². The molecule has 0 aliphatic carbocycles. The van der Waals surface area contributed by atoms with Crippen LogP contribution in [0.4, 0.5) is 0 Å². The van der Waals surface area contributed by atoms with Gasteiger partial charge in [0.25, 0.3) is 0 Å². The number of aromatic nitrogens is 2. The van der Waals surface area contributed by atoms with Gasteiger partial charge in [0.1, 0.15) is 0 Å². The van der Waals surface area contributed by atoms with Crippen molar-refractivity contribution >= 4 is 45.9 Å². The van der Waals surface area contributed by atoms with Gasteiger partial charge in [-0.2, -0.15) is 0 Å². The molecule has 2 aromatic rings. The Balaban J connectivity index is 2.12. The van der Waals surface area contributed by atoms with E-state index in [0.29, 0.717) is 17.4 Å². The minimum Gasteiger partial charge on any atom is -0.481 e. The predicted molar refractivity (Wildman–Crippen MR) is 81.6 cm³/mol. The summed E-state index contributed by atoms with van der Waals surface area (Å²) in [5.74, 6) is -1.18. The summed E-state index contributed by atoms with van der Waals surface area (Å²) < 4.78 is 1.80. The number of hydrogen-bond acceptors (Lipinski definition) is 4. The molecule has 1 N–H and O–H groups in total. The van der Waals surface area contributed by atoms with Crippen LogP contribution < -0.4 is 0 Å². The molecule has 0 bridgehead atoms. The van der Waals surface area contributed by atoms with Crippen LogP contribution in [-0.2, 0) is 9.59 Å². The van der Waals surface area contributed by atoms with Crippen LogP contribution >= 0.6 is 22.9 Å². The van der Waals surface area contributed by atoms with Crippen LogP contribution in [0.2, 0.25) is 5.15 Å². The topological polar surface area (TPSA) is 74.9 Å². The summed E-state index contributed by atoms with van der Waals surface area (Å²) in [6, 6.07) is 0. The van der Waals surface area contributed by atoms with Crippen molar-refractivity contribution in [3.8, 4) is 0 Å². The van der Waals surface area contributed by atoms with Gasteiger partial charge >= 0.3 is 5.97 Å². The van der Waals surface area contributed by atoms with E-state index in [1.165, 1.54) is 22.3 Å². The van der Waals surface area contributed by atoms with Crippen molar-refractivity contribution in [2.24, 2.45) is 0 Å². The molecule has 0 spiro atoms. The standard InChI is InChI=1S/C13H14ClN3O3S/c1-2-16(6-5-11(19)20)10(18)4-3-9-12(14)15-13-17(9)7-8-21-13/h3-4,7-8H,2,5-6H2,1H3,(H,19,20)/b4-3+. The van der Waals surface area contributed by atoms with Gasteiger partial charge in [0.15, 0.2) is 10.1 Å². The van der Waals surface area contributed by atoms with E-state index in [1.807, 2.05) is 11.6 Å². The van der Waals surface area contributed by atoms with Crippen LogP contribution in [0.25, 0.3) is 11.0 Å². The number of rotatable bonds is 6. The third-order valence-corrected chi connectivity index (χ3v) is 3.96. The number of thiazole rings is 1. The average Bonchev–Trinajstić information content (AvgIpc) is 2.97. The molecule has 0 saturated heterocycles. The van der Waals surface area contributed by atoms with Gasteiger partial charge in [-0.05, 0) is 13.0 Å². The number of likely N-dealkylation sites (N-methyl/N-ethyl adjacent to an activating group) is 1. The Labute approximate surface area is 130 Å². The second-order valence-electron chi connectivity index (χ2n) is 4.24. The summed E-state index contributed by atoms with van der Waals surface area (Å²) in [4.78, 5) is 29.0. The van der Waals surface area contributed by atoms with E-state index in [0.717, 1.165) is 4.96 Å². The molecule has 112 valence electrons. The molecule has 0 atom stereocenters. The molecule has 2 heterocycles. The number of carbonyl (C=O) groups excluding carboxylic acids is 1. The number of imidazole rings is 1. The van der Waals surface area contributed by atoms with Gasteiger partial charge in [0.05, 0.1) is 12.1 Å². The van der Waals surface area contributed by atoms with Crippen LogP contribution in [0.1, 0.15) is 19.0 Å². The third kappa shape index (κ3) is 3.62. The second kappa shape index (κ2) is 6.73. The Morgan fingerprint density at radius 1 is 1.57 bits per heavy atom. The van der Waals surface area contributed by atoms with Gasteiger partial charge in [-0.15, -0.1) is 11.3 Å². The number of carboxylic acids is 1. The number of carboxylic acid groups (broad SMARTS) is 1. The molecule has 6 nitrogen and oxygen atoms in total. The van der Waals surface area contributed by atoms with Gasteiger partial charge < -0.3 is 10.0 Å². The second-order valence-corrected chi connectivity index (χ2v) is 5.47. The van der Waals surface area contributed by atoms with Crippen LogP contribution in [-0.4, -0.2) is 44.4 Å². The lowest BCUT2D eigenvalue weighted by atomic mass is 10.3. The number of nitrogens with zero attached hydrogens (tertiary/aromatic N) is 3. The third-order valence-electron chi connectivity index (χ3n) is 2.93. The van der Waals surface area contributed by atoms with E-state index < -0.39 is 5.97 Å². The molecule has 21 heavy (non-hydrogen) atoms. The minimum atomic E-state index is -0.927. The van der Waals surface area contributed by atoms with Crippen molar-refractivity contribution < 1.29 is 14.7 Å². The van der Waals surface area contributed by atoms with Crippen molar-refractivity contribution in [3.63, 3.8) is 0 Å². The quantitative estimate of drug-likeness (QED) is 0.827. The molecule has 2 rings (SSSR count). The summed E-state index contributed by atoms with van der Waals surface area (Å²) in [6.07, 6.45) is 4.74. The van der Waals surface area contributed by atoms with Crippen molar-refractivity contribution in [3.05, 3.63) is 28.5 Å². The van der Waals surface area contributed by atoms with E-state index in [-0.39, 0.29) is 18.9 Å². The molecule has 0 fully saturated rings. The van der Waals surface area contributed by atoms with Crippen LogP contribution in [0.15, 0.2) is 17.7 Å². The van der Waals surface area contributed by atoms with Crippen molar-refractivity contribution in [1.82, 2.24) is 14.3 Å². The fraction of sp³-hybridized carbons (Fsp3) is 0.308. The van der Waals surface area contributed by atoms with E-state index in [4.69, 9.17) is 16.7 Å². The maximum Gasteiger partial charge on any atom is 0.305 e. The number of amides is 1. The van der Waals surface area contributed by atoms with Crippen molar-refractivity contribution in [2.75, 3.05) is 13.1 Å². The SMILES string of the molecule is CCN(CCC(=O)O)C(=O)/C=C/c1c(Cl)nc2sccn12. The summed E-state index contributed by atoms with van der Waals surface area (Å²) >= 11 is 7.48. The Hall–Kier alpha value is -1.86. The summed E-state index contributed by atoms with van der Waals surface area (Å²) in [5.41, 5.74) is 0.635. The maximum atomic E-state index is 12.0. The zero-order valence-electron chi connectivity index (χ0n) is 11.3. The highest BCUT2D eigenvalue weighted by molar-refractivity contribution is 7.15. The molecule has 0 aromatic carbocycles. The normalized spacial score (nSPS) is 11.3. The van der Waals surface area contributed by atoms with Gasteiger partial charge in [-0.1, -0.05) is 11.6 Å². The first kappa shape index (κ1) is 15.5. The lowest BCUT2D eigenvalue weighted by Crippen LogP contribution is -2.31. The molecule has 0 unspecified atom stereocenters. The number of carbonyl (C=O) groups is 2. The van der Waals surface area contributed by atoms with Crippen LogP contribution in [0, 0.1) is 0 Å². The zero-order valence-corrected chi connectivity index (χ0v) is 12.9. The Kier molecular flexibility index (Phi) is 4.98. The monoisotopic (exact) mass is 327 g/mol. The van der Waals surface area contributed by atoms with E-state index >= 15 is 0 Å². The Morgan fingerprint density at radius 2 is 2.33 bits per heavy atom. The number of hydrogen-bond donors (Lipinski definition) is 1. The van der Waals surface area contributed by atoms with Gasteiger partial charge in [-0.25, -0.2) is 4.98 Å². The molecule has 8 heteroatoms. The van der Waals surface area contributed by atoms with Gasteiger partial charge in [0, 0.05) is 30.7 Å². The first-order valence-electron chi connectivity index (χ1n) is 6.32. The molecule has 0 aliphatic rings. The highest BCUT2D eigenvalue weighted by Gasteiger charge is 2.12. The lowest BCUT2D eigenvalue weighted by molar-refractivity contribution is -0.137. The maximum absolute atomic E-state index is 12.0.